The molecule has 0 atom stereocenters. The Labute approximate surface area is 147 Å². The molecule has 0 N–H and O–H groups in total. The van der Waals surface area contributed by atoms with Crippen molar-refractivity contribution in [3.8, 4) is 0 Å². The maximum absolute atomic E-state index is 11.0. The summed E-state index contributed by atoms with van der Waals surface area (Å²) in [6.45, 7) is 2.23. The van der Waals surface area contributed by atoms with Crippen LogP contribution in [0.15, 0.2) is 29.2 Å². The molecule has 120 valence electrons. The molecule has 5 heteroatoms. The van der Waals surface area contributed by atoms with E-state index in [4.69, 9.17) is 0 Å². The van der Waals surface area contributed by atoms with Crippen LogP contribution in [-0.2, 0) is 16.5 Å². The molecule has 1 aromatic rings. The second-order valence-corrected chi connectivity index (χ2v) is 7.06. The van der Waals surface area contributed by atoms with Crippen molar-refractivity contribution >= 4 is 10.1 Å². The molecule has 0 heterocycles. The predicted octanol–water partition coefficient (Wildman–Crippen LogP) is 1.67. The van der Waals surface area contributed by atoms with E-state index >= 15 is 0 Å². The molecule has 0 aliphatic heterocycles. The van der Waals surface area contributed by atoms with E-state index in [-0.39, 0.29) is 23.8 Å². The van der Waals surface area contributed by atoms with Gasteiger partial charge in [0.15, 0.2) is 0 Å². The topological polar surface area (TPSA) is 57.2 Å². The Morgan fingerprint density at radius 3 is 2.00 bits per heavy atom. The summed E-state index contributed by atoms with van der Waals surface area (Å²) in [5.41, 5.74) is 0.940. The van der Waals surface area contributed by atoms with Gasteiger partial charge in [-0.1, -0.05) is 70.4 Å². The van der Waals surface area contributed by atoms with Crippen molar-refractivity contribution in [3.63, 3.8) is 0 Å². The van der Waals surface area contributed by atoms with Gasteiger partial charge in [-0.3, -0.25) is 0 Å². The summed E-state index contributed by atoms with van der Waals surface area (Å²) in [5.74, 6) is 0. The Hall–Kier alpha value is -0.273. The molecule has 0 bridgehead atoms. The number of benzene rings is 1. The van der Waals surface area contributed by atoms with Gasteiger partial charge in [-0.25, -0.2) is 8.42 Å². The second-order valence-electron chi connectivity index (χ2n) is 5.68. The molecular formula is C17H27LiO3S. The van der Waals surface area contributed by atoms with Gasteiger partial charge in [-0.05, 0) is 30.5 Å². The summed E-state index contributed by atoms with van der Waals surface area (Å²) < 4.78 is 32.9. The molecule has 0 amide bonds. The molecular weight excluding hydrogens is 291 g/mol. The summed E-state index contributed by atoms with van der Waals surface area (Å²) in [4.78, 5) is -0.115. The molecule has 1 rings (SSSR count). The van der Waals surface area contributed by atoms with Gasteiger partial charge in [-0.15, -0.1) is 0 Å². The van der Waals surface area contributed by atoms with Crippen LogP contribution in [0.3, 0.4) is 0 Å². The van der Waals surface area contributed by atoms with E-state index < -0.39 is 10.1 Å². The maximum atomic E-state index is 11.0. The Bertz CT molecular complexity index is 500. The number of hydrogen-bond donors (Lipinski definition) is 0. The van der Waals surface area contributed by atoms with E-state index in [0.717, 1.165) is 18.4 Å². The molecule has 0 radical (unpaired) electrons. The molecule has 22 heavy (non-hydrogen) atoms. The standard InChI is InChI=1S/C17H28O3S.Li/c1-2-3-4-5-6-7-8-9-10-12-16-13-11-14-17(15-16)21(18,19)20;/h11,13-15H,2-10,12H2,1H3,(H,18,19,20);/q;+1/p-1. The fourth-order valence-electron chi connectivity index (χ4n) is 2.50. The third-order valence-corrected chi connectivity index (χ3v) is 4.59. The predicted molar refractivity (Wildman–Crippen MR) is 85.3 cm³/mol. The third-order valence-electron chi connectivity index (χ3n) is 3.76. The Kier molecular flexibility index (Phi) is 12.0. The summed E-state index contributed by atoms with van der Waals surface area (Å²) in [7, 11) is -4.33. The van der Waals surface area contributed by atoms with Crippen LogP contribution < -0.4 is 18.9 Å². The molecule has 0 aliphatic rings. The van der Waals surface area contributed by atoms with Gasteiger partial charge in [0.05, 0.1) is 4.90 Å². The molecule has 0 aromatic heterocycles. The summed E-state index contributed by atoms with van der Waals surface area (Å²) in [5, 5.41) is 0. The average molecular weight is 318 g/mol. The summed E-state index contributed by atoms with van der Waals surface area (Å²) in [6.07, 6.45) is 12.3. The van der Waals surface area contributed by atoms with Crippen LogP contribution in [0.4, 0.5) is 0 Å². The van der Waals surface area contributed by atoms with E-state index in [1.54, 1.807) is 6.07 Å². The molecule has 0 spiro atoms. The summed E-state index contributed by atoms with van der Waals surface area (Å²) >= 11 is 0. The first-order valence-electron chi connectivity index (χ1n) is 8.09. The minimum Gasteiger partial charge on any atom is -0.744 e. The van der Waals surface area contributed by atoms with Gasteiger partial charge in [0.2, 0.25) is 0 Å². The average Bonchev–Trinajstić information content (AvgIpc) is 2.45. The van der Waals surface area contributed by atoms with E-state index in [2.05, 4.69) is 6.92 Å². The van der Waals surface area contributed by atoms with Gasteiger partial charge in [0.1, 0.15) is 10.1 Å². The van der Waals surface area contributed by atoms with Crippen molar-refractivity contribution in [2.45, 2.75) is 76.0 Å². The largest absolute Gasteiger partial charge is 1.00 e. The Morgan fingerprint density at radius 1 is 0.909 bits per heavy atom. The third kappa shape index (κ3) is 9.69. The van der Waals surface area contributed by atoms with Crippen molar-refractivity contribution < 1.29 is 31.8 Å². The normalized spacial score (nSPS) is 11.2. The molecule has 0 unspecified atom stereocenters. The van der Waals surface area contributed by atoms with Crippen molar-refractivity contribution in [2.24, 2.45) is 0 Å². The molecule has 0 aliphatic carbocycles. The fraction of sp³-hybridized carbons (Fsp3) is 0.647. The quantitative estimate of drug-likeness (QED) is 0.354. The zero-order valence-corrected chi connectivity index (χ0v) is 14.8. The van der Waals surface area contributed by atoms with Crippen LogP contribution in [0.5, 0.6) is 0 Å². The van der Waals surface area contributed by atoms with Crippen molar-refractivity contribution in [1.82, 2.24) is 0 Å². The monoisotopic (exact) mass is 318 g/mol. The zero-order valence-electron chi connectivity index (χ0n) is 14.0. The minimum absolute atomic E-state index is 0. The fourth-order valence-corrected chi connectivity index (χ4v) is 3.04. The van der Waals surface area contributed by atoms with Gasteiger partial charge in [-0.2, -0.15) is 0 Å². The van der Waals surface area contributed by atoms with Crippen LogP contribution in [0, 0.1) is 0 Å². The van der Waals surface area contributed by atoms with Crippen molar-refractivity contribution in [2.75, 3.05) is 0 Å². The molecule has 1 aromatic carbocycles. The van der Waals surface area contributed by atoms with E-state index in [1.807, 2.05) is 6.07 Å². The van der Waals surface area contributed by atoms with Gasteiger partial charge < -0.3 is 4.55 Å². The van der Waals surface area contributed by atoms with Gasteiger partial charge >= 0.3 is 18.9 Å². The van der Waals surface area contributed by atoms with E-state index in [1.165, 1.54) is 63.5 Å². The van der Waals surface area contributed by atoms with Crippen molar-refractivity contribution in [3.05, 3.63) is 29.8 Å². The maximum Gasteiger partial charge on any atom is 1.00 e. The molecule has 3 nitrogen and oxygen atoms in total. The van der Waals surface area contributed by atoms with Crippen LogP contribution in [-0.4, -0.2) is 13.0 Å². The minimum atomic E-state index is -4.33. The first-order chi connectivity index (χ1) is 10.0. The zero-order chi connectivity index (χ0) is 15.6. The van der Waals surface area contributed by atoms with Gasteiger partial charge in [0.25, 0.3) is 0 Å². The number of unbranched alkanes of at least 4 members (excludes halogenated alkanes) is 8. The smallest absolute Gasteiger partial charge is 0.744 e. The number of rotatable bonds is 11. The first kappa shape index (κ1) is 21.7. The van der Waals surface area contributed by atoms with Crippen LogP contribution in [0.25, 0.3) is 0 Å². The second kappa shape index (κ2) is 12.2. The number of hydrogen-bond acceptors (Lipinski definition) is 3. The van der Waals surface area contributed by atoms with Crippen LogP contribution >= 0.6 is 0 Å². The molecule has 0 fully saturated rings. The Balaban J connectivity index is 0.00000441. The number of aryl methyl sites for hydroxylation is 1. The van der Waals surface area contributed by atoms with Crippen LogP contribution in [0.2, 0.25) is 0 Å². The molecule has 0 saturated heterocycles. The van der Waals surface area contributed by atoms with E-state index in [9.17, 15) is 13.0 Å². The van der Waals surface area contributed by atoms with E-state index in [0.29, 0.717) is 0 Å². The SMILES string of the molecule is CCCCCCCCCCCc1cccc(S(=O)(=O)[O-])c1.[Li+]. The van der Waals surface area contributed by atoms with Crippen LogP contribution in [0.1, 0.15) is 70.3 Å². The Morgan fingerprint density at radius 2 is 1.45 bits per heavy atom. The van der Waals surface area contributed by atoms with Crippen molar-refractivity contribution in [1.29, 1.82) is 0 Å². The molecule has 0 saturated carbocycles. The summed E-state index contributed by atoms with van der Waals surface area (Å²) in [6, 6.07) is 6.41. The van der Waals surface area contributed by atoms with Gasteiger partial charge in [0, 0.05) is 0 Å². The first-order valence-corrected chi connectivity index (χ1v) is 9.49.